The number of aliphatic hydroxyl groups excluding tert-OH is 1. The molecule has 0 amide bonds. The molecule has 1 aliphatic heterocycles. The van der Waals surface area contributed by atoms with E-state index in [2.05, 4.69) is 42.1 Å². The van der Waals surface area contributed by atoms with E-state index in [0.717, 1.165) is 54.0 Å². The number of aromatic nitrogens is 3. The molecule has 170 valence electrons. The lowest BCUT2D eigenvalue weighted by Crippen LogP contribution is -2.35. The van der Waals surface area contributed by atoms with Gasteiger partial charge in [-0.3, -0.25) is 0 Å². The first-order valence-electron chi connectivity index (χ1n) is 12.0. The van der Waals surface area contributed by atoms with E-state index in [9.17, 15) is 5.11 Å². The predicted molar refractivity (Wildman–Crippen MR) is 133 cm³/mol. The SMILES string of the molecule is Cc1nc2c(s1)CC[C@H]2c1nc2ccc(CC3CCC([C@H](O)c4ccccc4)N3)cc2n1C. The Morgan fingerprint density at radius 2 is 1.97 bits per heavy atom. The van der Waals surface area contributed by atoms with Gasteiger partial charge in [-0.15, -0.1) is 11.3 Å². The number of benzene rings is 2. The van der Waals surface area contributed by atoms with Crippen LogP contribution in [0.2, 0.25) is 0 Å². The number of aliphatic hydroxyl groups is 1. The minimum absolute atomic E-state index is 0.113. The fourth-order valence-electron chi connectivity index (χ4n) is 5.72. The molecule has 1 aliphatic carbocycles. The lowest BCUT2D eigenvalue weighted by molar-refractivity contribution is 0.135. The second kappa shape index (κ2) is 8.35. The predicted octanol–water partition coefficient (Wildman–Crippen LogP) is 4.81. The van der Waals surface area contributed by atoms with Gasteiger partial charge in [0.1, 0.15) is 5.82 Å². The van der Waals surface area contributed by atoms with Crippen molar-refractivity contribution in [3.63, 3.8) is 0 Å². The summed E-state index contributed by atoms with van der Waals surface area (Å²) in [6, 6.07) is 17.2. The first-order valence-corrected chi connectivity index (χ1v) is 12.8. The fraction of sp³-hybridized carbons (Fsp3) is 0.407. The van der Waals surface area contributed by atoms with Crippen LogP contribution in [-0.2, 0) is 19.9 Å². The summed E-state index contributed by atoms with van der Waals surface area (Å²) in [5, 5.41) is 15.6. The summed E-state index contributed by atoms with van der Waals surface area (Å²) in [5.74, 6) is 1.44. The number of thiazole rings is 1. The molecule has 1 fully saturated rings. The molecule has 5 nitrogen and oxygen atoms in total. The highest BCUT2D eigenvalue weighted by atomic mass is 32.1. The molecule has 2 N–H and O–H groups in total. The Morgan fingerprint density at radius 1 is 1.12 bits per heavy atom. The van der Waals surface area contributed by atoms with E-state index >= 15 is 0 Å². The highest BCUT2D eigenvalue weighted by Crippen LogP contribution is 2.40. The summed E-state index contributed by atoms with van der Waals surface area (Å²) < 4.78 is 2.28. The molecule has 2 unspecified atom stereocenters. The molecular weight excluding hydrogens is 428 g/mol. The summed E-state index contributed by atoms with van der Waals surface area (Å²) in [6.45, 7) is 2.10. The first-order chi connectivity index (χ1) is 16.1. The zero-order valence-electron chi connectivity index (χ0n) is 19.2. The molecule has 6 rings (SSSR count). The summed E-state index contributed by atoms with van der Waals surface area (Å²) in [6.07, 6.45) is 4.81. The molecule has 4 atom stereocenters. The van der Waals surface area contributed by atoms with Gasteiger partial charge in [-0.25, -0.2) is 9.97 Å². The van der Waals surface area contributed by atoms with Crippen LogP contribution in [0, 0.1) is 6.92 Å². The maximum atomic E-state index is 10.8. The third-order valence-corrected chi connectivity index (χ3v) is 8.44. The van der Waals surface area contributed by atoms with Crippen molar-refractivity contribution in [1.29, 1.82) is 0 Å². The van der Waals surface area contributed by atoms with Crippen LogP contribution < -0.4 is 5.32 Å². The van der Waals surface area contributed by atoms with E-state index in [1.807, 2.05) is 41.7 Å². The summed E-state index contributed by atoms with van der Waals surface area (Å²) >= 11 is 1.84. The van der Waals surface area contributed by atoms with Gasteiger partial charge in [0.2, 0.25) is 0 Å². The van der Waals surface area contributed by atoms with Gasteiger partial charge in [0.25, 0.3) is 0 Å². The van der Waals surface area contributed by atoms with Crippen LogP contribution in [0.4, 0.5) is 0 Å². The van der Waals surface area contributed by atoms with E-state index in [1.54, 1.807) is 0 Å². The zero-order valence-corrected chi connectivity index (χ0v) is 20.0. The second-order valence-electron chi connectivity index (χ2n) is 9.59. The Balaban J connectivity index is 1.19. The van der Waals surface area contributed by atoms with Crippen LogP contribution in [0.5, 0.6) is 0 Å². The standard InChI is InChI=1S/C27H30N4OS/c1-16-28-25-20(10-13-24(25)33-16)27-30-21-11-8-17(15-23(21)31(27)2)14-19-9-12-22(29-19)26(32)18-6-4-3-5-7-18/h3-8,11,15,19-20,22,26,29,32H,9-10,12-14H2,1-2H3/t19?,20-,22?,26-/m1/s1. The van der Waals surface area contributed by atoms with E-state index in [4.69, 9.17) is 9.97 Å². The molecule has 6 heteroatoms. The Hall–Kier alpha value is -2.54. The number of imidazole rings is 1. The molecular formula is C27H30N4OS. The monoisotopic (exact) mass is 458 g/mol. The molecule has 2 aliphatic rings. The Kier molecular flexibility index (Phi) is 5.32. The van der Waals surface area contributed by atoms with E-state index < -0.39 is 6.10 Å². The fourth-order valence-corrected chi connectivity index (χ4v) is 6.73. The largest absolute Gasteiger partial charge is 0.387 e. The number of rotatable bonds is 5. The maximum absolute atomic E-state index is 10.8. The molecule has 0 spiro atoms. The van der Waals surface area contributed by atoms with Crippen LogP contribution >= 0.6 is 11.3 Å². The molecule has 3 heterocycles. The van der Waals surface area contributed by atoms with Crippen molar-refractivity contribution in [3.05, 3.63) is 81.1 Å². The van der Waals surface area contributed by atoms with E-state index in [-0.39, 0.29) is 6.04 Å². The van der Waals surface area contributed by atoms with Crippen molar-refractivity contribution >= 4 is 22.4 Å². The Labute approximate surface area is 198 Å². The molecule has 2 aromatic carbocycles. The lowest BCUT2D eigenvalue weighted by atomic mass is 10.0. The number of nitrogens with one attached hydrogen (secondary N) is 1. The Bertz CT molecular complexity index is 1290. The van der Waals surface area contributed by atoms with Gasteiger partial charge in [0.15, 0.2) is 0 Å². The third kappa shape index (κ3) is 3.80. The van der Waals surface area contributed by atoms with Crippen molar-refractivity contribution in [1.82, 2.24) is 19.9 Å². The topological polar surface area (TPSA) is 63.0 Å². The van der Waals surface area contributed by atoms with Gasteiger partial charge in [-0.2, -0.15) is 0 Å². The molecule has 0 saturated carbocycles. The van der Waals surface area contributed by atoms with Gasteiger partial charge < -0.3 is 15.0 Å². The molecule has 2 aromatic heterocycles. The van der Waals surface area contributed by atoms with Gasteiger partial charge >= 0.3 is 0 Å². The minimum atomic E-state index is -0.455. The number of nitrogens with zero attached hydrogens (tertiary/aromatic N) is 3. The van der Waals surface area contributed by atoms with Crippen LogP contribution in [0.25, 0.3) is 11.0 Å². The summed E-state index contributed by atoms with van der Waals surface area (Å²) in [5.41, 5.74) is 5.82. The highest BCUT2D eigenvalue weighted by molar-refractivity contribution is 7.11. The summed E-state index contributed by atoms with van der Waals surface area (Å²) in [4.78, 5) is 11.3. The van der Waals surface area contributed by atoms with Gasteiger partial charge in [0, 0.05) is 24.0 Å². The maximum Gasteiger partial charge on any atom is 0.118 e. The average molecular weight is 459 g/mol. The number of fused-ring (bicyclic) bond motifs is 2. The van der Waals surface area contributed by atoms with Crippen LogP contribution in [0.15, 0.2) is 48.5 Å². The van der Waals surface area contributed by atoms with Gasteiger partial charge in [-0.05, 0) is 62.3 Å². The normalized spacial score (nSPS) is 23.3. The van der Waals surface area contributed by atoms with Gasteiger partial charge in [-0.1, -0.05) is 36.4 Å². The zero-order chi connectivity index (χ0) is 22.5. The van der Waals surface area contributed by atoms with Crippen molar-refractivity contribution < 1.29 is 5.11 Å². The van der Waals surface area contributed by atoms with Crippen LogP contribution in [-0.4, -0.2) is 31.7 Å². The van der Waals surface area contributed by atoms with Crippen LogP contribution in [0.1, 0.15) is 63.8 Å². The Morgan fingerprint density at radius 3 is 2.82 bits per heavy atom. The van der Waals surface area contributed by atoms with Crippen LogP contribution in [0.3, 0.4) is 0 Å². The smallest absolute Gasteiger partial charge is 0.118 e. The number of hydrogen-bond acceptors (Lipinski definition) is 5. The van der Waals surface area contributed by atoms with E-state index in [0.29, 0.717) is 12.0 Å². The minimum Gasteiger partial charge on any atom is -0.387 e. The van der Waals surface area contributed by atoms with Crippen molar-refractivity contribution in [2.75, 3.05) is 0 Å². The summed E-state index contributed by atoms with van der Waals surface area (Å²) in [7, 11) is 2.14. The molecule has 0 bridgehead atoms. The molecule has 1 saturated heterocycles. The average Bonchev–Trinajstić information content (AvgIpc) is 3.59. The first kappa shape index (κ1) is 21.0. The van der Waals surface area contributed by atoms with Crippen molar-refractivity contribution in [3.8, 4) is 0 Å². The number of aryl methyl sites for hydroxylation is 3. The third-order valence-electron chi connectivity index (χ3n) is 7.40. The van der Waals surface area contributed by atoms with Crippen molar-refractivity contribution in [2.45, 2.75) is 63.1 Å². The number of hydrogen-bond donors (Lipinski definition) is 2. The highest BCUT2D eigenvalue weighted by Gasteiger charge is 2.32. The molecule has 4 aromatic rings. The molecule has 33 heavy (non-hydrogen) atoms. The van der Waals surface area contributed by atoms with Gasteiger partial charge in [0.05, 0.1) is 33.8 Å². The van der Waals surface area contributed by atoms with Crippen molar-refractivity contribution in [2.24, 2.45) is 7.05 Å². The lowest BCUT2D eigenvalue weighted by Gasteiger charge is -2.20. The second-order valence-corrected chi connectivity index (χ2v) is 10.9. The quantitative estimate of drug-likeness (QED) is 0.450. The molecule has 0 radical (unpaired) electrons. The van der Waals surface area contributed by atoms with E-state index in [1.165, 1.54) is 21.7 Å².